The Morgan fingerprint density at radius 1 is 1.50 bits per heavy atom. The second kappa shape index (κ2) is 6.27. The Labute approximate surface area is 125 Å². The Bertz CT molecular complexity index is 465. The van der Waals surface area contributed by atoms with Crippen LogP contribution >= 0.6 is 11.3 Å². The van der Waals surface area contributed by atoms with Gasteiger partial charge >= 0.3 is 0 Å². The third kappa shape index (κ3) is 2.91. The zero-order valence-electron chi connectivity index (χ0n) is 12.2. The summed E-state index contributed by atoms with van der Waals surface area (Å²) in [5.74, 6) is 0.335. The molecule has 1 amide bonds. The van der Waals surface area contributed by atoms with E-state index in [-0.39, 0.29) is 6.04 Å². The molecule has 1 aromatic rings. The van der Waals surface area contributed by atoms with Gasteiger partial charge in [0.2, 0.25) is 5.91 Å². The van der Waals surface area contributed by atoms with Crippen LogP contribution in [-0.4, -0.2) is 29.9 Å². The number of piperidine rings is 1. The Kier molecular flexibility index (Phi) is 4.41. The molecule has 3 rings (SSSR count). The van der Waals surface area contributed by atoms with Crippen LogP contribution in [-0.2, 0) is 11.2 Å². The van der Waals surface area contributed by atoms with Crippen LogP contribution in [0.15, 0.2) is 11.4 Å². The van der Waals surface area contributed by atoms with Crippen molar-refractivity contribution in [3.8, 4) is 0 Å². The Morgan fingerprint density at radius 3 is 3.20 bits per heavy atom. The van der Waals surface area contributed by atoms with Gasteiger partial charge in [-0.1, -0.05) is 6.42 Å². The second-order valence-electron chi connectivity index (χ2n) is 6.00. The van der Waals surface area contributed by atoms with E-state index in [4.69, 9.17) is 0 Å². The molecule has 110 valence electrons. The summed E-state index contributed by atoms with van der Waals surface area (Å²) in [6.45, 7) is 4.18. The van der Waals surface area contributed by atoms with Gasteiger partial charge in [0, 0.05) is 23.9 Å². The number of hydrogen-bond acceptors (Lipinski definition) is 3. The first-order valence-corrected chi connectivity index (χ1v) is 8.73. The van der Waals surface area contributed by atoms with Crippen LogP contribution in [0.4, 0.5) is 0 Å². The van der Waals surface area contributed by atoms with Crippen LogP contribution < -0.4 is 5.32 Å². The standard InChI is InChI=1S/C16H24N2OS/c1-12-14-8-11-20-15(14)7-10-18(12)16(19)6-5-13-4-2-3-9-17-13/h8,11-13,17H,2-7,9-10H2,1H3. The Hall–Kier alpha value is -0.870. The summed E-state index contributed by atoms with van der Waals surface area (Å²) in [5, 5.41) is 5.68. The van der Waals surface area contributed by atoms with Crippen LogP contribution in [0.3, 0.4) is 0 Å². The van der Waals surface area contributed by atoms with Crippen molar-refractivity contribution in [2.45, 2.75) is 57.5 Å². The largest absolute Gasteiger partial charge is 0.336 e. The second-order valence-corrected chi connectivity index (χ2v) is 7.00. The van der Waals surface area contributed by atoms with Gasteiger partial charge in [-0.25, -0.2) is 0 Å². The first-order valence-electron chi connectivity index (χ1n) is 7.85. The average molecular weight is 292 g/mol. The van der Waals surface area contributed by atoms with Crippen molar-refractivity contribution in [3.05, 3.63) is 21.9 Å². The summed E-state index contributed by atoms with van der Waals surface area (Å²) in [5.41, 5.74) is 1.37. The van der Waals surface area contributed by atoms with Crippen LogP contribution in [0.5, 0.6) is 0 Å². The van der Waals surface area contributed by atoms with E-state index in [1.165, 1.54) is 29.7 Å². The fraction of sp³-hybridized carbons (Fsp3) is 0.688. The van der Waals surface area contributed by atoms with Crippen molar-refractivity contribution in [1.82, 2.24) is 10.2 Å². The van der Waals surface area contributed by atoms with Crippen molar-refractivity contribution in [2.24, 2.45) is 0 Å². The molecular formula is C16H24N2OS. The van der Waals surface area contributed by atoms with Gasteiger partial charge in [-0.05, 0) is 56.2 Å². The summed E-state index contributed by atoms with van der Waals surface area (Å²) >= 11 is 1.83. The third-order valence-electron chi connectivity index (χ3n) is 4.72. The van der Waals surface area contributed by atoms with Gasteiger partial charge in [0.25, 0.3) is 0 Å². The van der Waals surface area contributed by atoms with Gasteiger partial charge in [0.05, 0.1) is 6.04 Å². The fourth-order valence-corrected chi connectivity index (χ4v) is 4.42. The van der Waals surface area contributed by atoms with Gasteiger partial charge in [-0.3, -0.25) is 4.79 Å². The number of nitrogens with one attached hydrogen (secondary N) is 1. The average Bonchev–Trinajstić information content (AvgIpc) is 2.96. The molecule has 3 nitrogen and oxygen atoms in total. The van der Waals surface area contributed by atoms with Crippen LogP contribution in [0.25, 0.3) is 0 Å². The van der Waals surface area contributed by atoms with Crippen molar-refractivity contribution in [3.63, 3.8) is 0 Å². The molecule has 2 aliphatic heterocycles. The summed E-state index contributed by atoms with van der Waals surface area (Å²) in [6.07, 6.45) is 6.56. The van der Waals surface area contributed by atoms with E-state index in [0.29, 0.717) is 18.4 Å². The Morgan fingerprint density at radius 2 is 2.40 bits per heavy atom. The normalized spacial score (nSPS) is 26.4. The van der Waals surface area contributed by atoms with E-state index in [2.05, 4.69) is 28.6 Å². The molecule has 3 heterocycles. The molecule has 0 bridgehead atoms. The predicted molar refractivity (Wildman–Crippen MR) is 83.0 cm³/mol. The number of hydrogen-bond donors (Lipinski definition) is 1. The highest BCUT2D eigenvalue weighted by molar-refractivity contribution is 7.10. The minimum atomic E-state index is 0.261. The molecule has 0 aliphatic carbocycles. The number of nitrogens with zero attached hydrogens (tertiary/aromatic N) is 1. The lowest BCUT2D eigenvalue weighted by molar-refractivity contribution is -0.134. The first kappa shape index (κ1) is 14.1. The number of carbonyl (C=O) groups excluding carboxylic acids is 1. The molecule has 2 atom stereocenters. The fourth-order valence-electron chi connectivity index (χ4n) is 3.46. The number of fused-ring (bicyclic) bond motifs is 1. The molecule has 2 unspecified atom stereocenters. The molecule has 0 aromatic carbocycles. The highest BCUT2D eigenvalue weighted by Crippen LogP contribution is 2.33. The van der Waals surface area contributed by atoms with Gasteiger partial charge in [-0.15, -0.1) is 11.3 Å². The van der Waals surface area contributed by atoms with E-state index < -0.39 is 0 Å². The smallest absolute Gasteiger partial charge is 0.223 e. The molecule has 0 radical (unpaired) electrons. The molecule has 0 spiro atoms. The van der Waals surface area contributed by atoms with Gasteiger partial charge in [0.1, 0.15) is 0 Å². The number of carbonyl (C=O) groups is 1. The summed E-state index contributed by atoms with van der Waals surface area (Å²) in [6, 6.07) is 3.01. The van der Waals surface area contributed by atoms with E-state index in [1.54, 1.807) is 0 Å². The third-order valence-corrected chi connectivity index (χ3v) is 5.71. The van der Waals surface area contributed by atoms with E-state index >= 15 is 0 Å². The molecule has 4 heteroatoms. The molecule has 2 aliphatic rings. The lowest BCUT2D eigenvalue weighted by Gasteiger charge is -2.34. The van der Waals surface area contributed by atoms with E-state index in [1.807, 2.05) is 11.3 Å². The van der Waals surface area contributed by atoms with E-state index in [9.17, 15) is 4.79 Å². The molecule has 20 heavy (non-hydrogen) atoms. The highest BCUT2D eigenvalue weighted by atomic mass is 32.1. The molecule has 1 aromatic heterocycles. The van der Waals surface area contributed by atoms with Crippen molar-refractivity contribution < 1.29 is 4.79 Å². The van der Waals surface area contributed by atoms with Crippen LogP contribution in [0.1, 0.15) is 55.5 Å². The quantitative estimate of drug-likeness (QED) is 0.928. The summed E-state index contributed by atoms with van der Waals surface area (Å²) < 4.78 is 0. The van der Waals surface area contributed by atoms with Gasteiger partial charge in [-0.2, -0.15) is 0 Å². The SMILES string of the molecule is CC1c2ccsc2CCN1C(=O)CCC1CCCCN1. The summed E-state index contributed by atoms with van der Waals surface area (Å²) in [4.78, 5) is 16.0. The number of amides is 1. The molecular weight excluding hydrogens is 268 g/mol. The molecule has 0 saturated carbocycles. The minimum absolute atomic E-state index is 0.261. The summed E-state index contributed by atoms with van der Waals surface area (Å²) in [7, 11) is 0. The van der Waals surface area contributed by atoms with Crippen LogP contribution in [0.2, 0.25) is 0 Å². The first-order chi connectivity index (χ1) is 9.75. The zero-order chi connectivity index (χ0) is 13.9. The highest BCUT2D eigenvalue weighted by Gasteiger charge is 2.28. The van der Waals surface area contributed by atoms with Crippen molar-refractivity contribution in [1.29, 1.82) is 0 Å². The predicted octanol–water partition coefficient (Wildman–Crippen LogP) is 3.12. The Balaban J connectivity index is 1.55. The molecule has 1 N–H and O–H groups in total. The maximum atomic E-state index is 12.5. The van der Waals surface area contributed by atoms with Crippen molar-refractivity contribution in [2.75, 3.05) is 13.1 Å². The maximum absolute atomic E-state index is 12.5. The monoisotopic (exact) mass is 292 g/mol. The maximum Gasteiger partial charge on any atom is 0.223 e. The van der Waals surface area contributed by atoms with Gasteiger partial charge in [0.15, 0.2) is 0 Å². The number of thiophene rings is 1. The molecule has 1 saturated heterocycles. The van der Waals surface area contributed by atoms with Gasteiger partial charge < -0.3 is 10.2 Å². The lowest BCUT2D eigenvalue weighted by atomic mass is 9.98. The lowest BCUT2D eigenvalue weighted by Crippen LogP contribution is -2.40. The zero-order valence-corrected chi connectivity index (χ0v) is 13.0. The van der Waals surface area contributed by atoms with Crippen molar-refractivity contribution >= 4 is 17.2 Å². The number of rotatable bonds is 3. The van der Waals surface area contributed by atoms with E-state index in [0.717, 1.165) is 25.9 Å². The molecule has 1 fully saturated rings. The minimum Gasteiger partial charge on any atom is -0.336 e. The van der Waals surface area contributed by atoms with Crippen LogP contribution in [0, 0.1) is 0 Å². The topological polar surface area (TPSA) is 32.3 Å².